The molecule has 0 saturated heterocycles. The largest absolute Gasteiger partial charge is 0.457 e. The van der Waals surface area contributed by atoms with Gasteiger partial charge in [-0.15, -0.1) is 0 Å². The fourth-order valence-electron chi connectivity index (χ4n) is 3.73. The highest BCUT2D eigenvalue weighted by Gasteiger charge is 2.22. The van der Waals surface area contributed by atoms with Gasteiger partial charge in [0.25, 0.3) is 0 Å². The molecule has 7 heteroatoms. The van der Waals surface area contributed by atoms with Crippen LogP contribution in [-0.4, -0.2) is 19.9 Å². The molecule has 2 aromatic carbocycles. The molecule has 0 saturated carbocycles. The summed E-state index contributed by atoms with van der Waals surface area (Å²) in [5, 5.41) is 0. The quantitative estimate of drug-likeness (QED) is 0.262. The van der Waals surface area contributed by atoms with Crippen molar-refractivity contribution in [1.29, 1.82) is 0 Å². The molecule has 0 atom stereocenters. The molecular formula is C28H24F2N4O. The monoisotopic (exact) mass is 470 g/mol. The SMILES string of the molecule is C/C=C/Cc1c(Oc2ccc(F)c(-c3ncccn3)c2C/C=C/C)ccc(F)c1-c1ncccn1. The van der Waals surface area contributed by atoms with Crippen molar-refractivity contribution in [2.45, 2.75) is 26.7 Å². The van der Waals surface area contributed by atoms with E-state index in [2.05, 4.69) is 19.9 Å². The van der Waals surface area contributed by atoms with Crippen molar-refractivity contribution in [2.24, 2.45) is 0 Å². The lowest BCUT2D eigenvalue weighted by Crippen LogP contribution is -2.03. The minimum atomic E-state index is -0.449. The number of rotatable bonds is 8. The Hall–Kier alpha value is -4.26. The molecule has 4 aromatic rings. The highest BCUT2D eigenvalue weighted by Crippen LogP contribution is 2.39. The van der Waals surface area contributed by atoms with Gasteiger partial charge in [0.1, 0.15) is 23.1 Å². The zero-order valence-electron chi connectivity index (χ0n) is 19.5. The molecule has 2 heterocycles. The predicted molar refractivity (Wildman–Crippen MR) is 132 cm³/mol. The van der Waals surface area contributed by atoms with Crippen molar-refractivity contribution in [2.75, 3.05) is 0 Å². The molecule has 0 bridgehead atoms. The van der Waals surface area contributed by atoms with Gasteiger partial charge in [-0.2, -0.15) is 0 Å². The van der Waals surface area contributed by atoms with Crippen LogP contribution in [0.3, 0.4) is 0 Å². The van der Waals surface area contributed by atoms with Crippen LogP contribution in [0.5, 0.6) is 11.5 Å². The highest BCUT2D eigenvalue weighted by atomic mass is 19.1. The third-order valence-corrected chi connectivity index (χ3v) is 5.35. The average Bonchev–Trinajstić information content (AvgIpc) is 2.89. The minimum absolute atomic E-state index is 0.265. The lowest BCUT2D eigenvalue weighted by molar-refractivity contribution is 0.469. The lowest BCUT2D eigenvalue weighted by Gasteiger charge is -2.18. The molecule has 0 aliphatic heterocycles. The summed E-state index contributed by atoms with van der Waals surface area (Å²) in [6.07, 6.45) is 14.6. The maximum Gasteiger partial charge on any atom is 0.162 e. The van der Waals surface area contributed by atoms with Crippen LogP contribution in [0.25, 0.3) is 22.8 Å². The van der Waals surface area contributed by atoms with Gasteiger partial charge >= 0.3 is 0 Å². The van der Waals surface area contributed by atoms with Gasteiger partial charge in [-0.05, 0) is 63.1 Å². The Bertz CT molecular complexity index is 1250. The van der Waals surface area contributed by atoms with Crippen LogP contribution in [0.2, 0.25) is 0 Å². The van der Waals surface area contributed by atoms with E-state index in [1.54, 1.807) is 49.1 Å². The maximum absolute atomic E-state index is 15.0. The molecule has 5 nitrogen and oxygen atoms in total. The zero-order valence-corrected chi connectivity index (χ0v) is 19.5. The Morgan fingerprint density at radius 2 is 1.06 bits per heavy atom. The van der Waals surface area contributed by atoms with Crippen molar-refractivity contribution in [3.8, 4) is 34.3 Å². The first-order valence-electron chi connectivity index (χ1n) is 11.2. The van der Waals surface area contributed by atoms with Crippen LogP contribution in [0.4, 0.5) is 8.78 Å². The van der Waals surface area contributed by atoms with E-state index in [-0.39, 0.29) is 22.8 Å². The first-order valence-corrected chi connectivity index (χ1v) is 11.2. The fourth-order valence-corrected chi connectivity index (χ4v) is 3.73. The van der Waals surface area contributed by atoms with E-state index in [9.17, 15) is 0 Å². The van der Waals surface area contributed by atoms with Crippen molar-refractivity contribution < 1.29 is 13.5 Å². The molecule has 0 radical (unpaired) electrons. The molecular weight excluding hydrogens is 446 g/mol. The normalized spacial score (nSPS) is 11.4. The molecule has 0 unspecified atom stereocenters. The van der Waals surface area contributed by atoms with Gasteiger partial charge in [0, 0.05) is 35.9 Å². The standard InChI is InChI=1S/C28H24F2N4O/c1-3-5-9-19-23(13-11-21(29)25(19)27-31-15-7-16-32-27)35-24-14-12-22(30)26(20(24)10-6-4-2)28-33-17-8-18-34-28/h3-8,11-18H,9-10H2,1-2H3/b5-3+,6-4+. The van der Waals surface area contributed by atoms with Gasteiger partial charge in [0.05, 0.1) is 11.1 Å². The summed E-state index contributed by atoms with van der Waals surface area (Å²) in [5.41, 5.74) is 1.72. The van der Waals surface area contributed by atoms with Crippen LogP contribution < -0.4 is 4.74 Å². The van der Waals surface area contributed by atoms with Crippen LogP contribution in [0.15, 0.2) is 85.5 Å². The van der Waals surface area contributed by atoms with Crippen molar-refractivity contribution in [3.05, 3.63) is 108 Å². The molecule has 0 aliphatic carbocycles. The summed E-state index contributed by atoms with van der Waals surface area (Å²) in [7, 11) is 0. The van der Waals surface area contributed by atoms with E-state index < -0.39 is 11.6 Å². The lowest BCUT2D eigenvalue weighted by atomic mass is 9.99. The van der Waals surface area contributed by atoms with Crippen molar-refractivity contribution in [3.63, 3.8) is 0 Å². The Morgan fingerprint density at radius 3 is 1.43 bits per heavy atom. The summed E-state index contributed by atoms with van der Waals surface area (Å²) < 4.78 is 36.4. The number of aromatic nitrogens is 4. The Kier molecular flexibility index (Phi) is 7.67. The van der Waals surface area contributed by atoms with Gasteiger partial charge in [0.2, 0.25) is 0 Å². The molecule has 0 aliphatic rings. The van der Waals surface area contributed by atoms with E-state index >= 15 is 8.78 Å². The first kappa shape index (κ1) is 23.9. The van der Waals surface area contributed by atoms with E-state index in [0.717, 1.165) is 0 Å². The number of benzene rings is 2. The number of halogens is 2. The Morgan fingerprint density at radius 1 is 0.657 bits per heavy atom. The Labute approximate surface area is 202 Å². The number of allylic oxidation sites excluding steroid dienone is 4. The molecule has 0 amide bonds. The predicted octanol–water partition coefficient (Wildman–Crippen LogP) is 6.91. The van der Waals surface area contributed by atoms with Crippen LogP contribution in [0, 0.1) is 11.6 Å². The van der Waals surface area contributed by atoms with Crippen LogP contribution >= 0.6 is 0 Å². The van der Waals surface area contributed by atoms with Gasteiger partial charge in [0.15, 0.2) is 11.6 Å². The van der Waals surface area contributed by atoms with E-state index in [1.807, 2.05) is 38.2 Å². The molecule has 2 aromatic heterocycles. The average molecular weight is 471 g/mol. The molecule has 0 spiro atoms. The summed E-state index contributed by atoms with van der Waals surface area (Å²) in [5.74, 6) is 0.493. The molecule has 0 fully saturated rings. The van der Waals surface area contributed by atoms with Gasteiger partial charge in [-0.1, -0.05) is 24.3 Å². The second-order valence-electron chi connectivity index (χ2n) is 7.59. The summed E-state index contributed by atoms with van der Waals surface area (Å²) in [6.45, 7) is 3.78. The summed E-state index contributed by atoms with van der Waals surface area (Å²) >= 11 is 0. The van der Waals surface area contributed by atoms with Crippen molar-refractivity contribution >= 4 is 0 Å². The number of ether oxygens (including phenoxy) is 1. The molecule has 176 valence electrons. The zero-order chi connectivity index (χ0) is 24.6. The summed E-state index contributed by atoms with van der Waals surface area (Å²) in [4.78, 5) is 17.0. The van der Waals surface area contributed by atoms with E-state index in [1.165, 1.54) is 12.1 Å². The minimum Gasteiger partial charge on any atom is -0.457 e. The van der Waals surface area contributed by atoms with E-state index in [4.69, 9.17) is 4.74 Å². The second-order valence-corrected chi connectivity index (χ2v) is 7.59. The number of nitrogens with zero attached hydrogens (tertiary/aromatic N) is 4. The molecule has 0 N–H and O–H groups in total. The second kappa shape index (κ2) is 11.2. The number of hydrogen-bond donors (Lipinski definition) is 0. The van der Waals surface area contributed by atoms with E-state index in [0.29, 0.717) is 35.5 Å². The summed E-state index contributed by atoms with van der Waals surface area (Å²) in [6, 6.07) is 9.15. The van der Waals surface area contributed by atoms with Crippen molar-refractivity contribution in [1.82, 2.24) is 19.9 Å². The Balaban J connectivity index is 1.89. The van der Waals surface area contributed by atoms with Gasteiger partial charge in [-0.3, -0.25) is 0 Å². The molecule has 35 heavy (non-hydrogen) atoms. The first-order chi connectivity index (χ1) is 17.1. The third kappa shape index (κ3) is 5.30. The smallest absolute Gasteiger partial charge is 0.162 e. The van der Waals surface area contributed by atoms with Crippen LogP contribution in [-0.2, 0) is 12.8 Å². The van der Waals surface area contributed by atoms with Crippen LogP contribution in [0.1, 0.15) is 25.0 Å². The fraction of sp³-hybridized carbons (Fsp3) is 0.143. The van der Waals surface area contributed by atoms with Gasteiger partial charge in [-0.25, -0.2) is 28.7 Å². The topological polar surface area (TPSA) is 60.8 Å². The third-order valence-electron chi connectivity index (χ3n) is 5.35. The molecule has 4 rings (SSSR count). The highest BCUT2D eigenvalue weighted by molar-refractivity contribution is 5.68. The van der Waals surface area contributed by atoms with Gasteiger partial charge < -0.3 is 4.74 Å². The number of hydrogen-bond acceptors (Lipinski definition) is 5. The maximum atomic E-state index is 15.0.